The topological polar surface area (TPSA) is 90.4 Å². The van der Waals surface area contributed by atoms with Crippen molar-refractivity contribution >= 4 is 11.6 Å². The Morgan fingerprint density at radius 1 is 1.43 bits per heavy atom. The van der Waals surface area contributed by atoms with Gasteiger partial charge in [0, 0.05) is 5.69 Å². The maximum absolute atomic E-state index is 12.3. The van der Waals surface area contributed by atoms with Gasteiger partial charge in [-0.25, -0.2) is 4.98 Å². The quantitative estimate of drug-likeness (QED) is 0.823. The molecule has 3 N–H and O–H groups in total. The fraction of sp³-hybridized carbons (Fsp3) is 0.333. The number of anilines is 1. The van der Waals surface area contributed by atoms with E-state index in [0.717, 1.165) is 11.5 Å². The Kier molecular flexibility index (Phi) is 4.47. The third-order valence-corrected chi connectivity index (χ3v) is 3.06. The molecule has 0 atom stereocenters. The van der Waals surface area contributed by atoms with Gasteiger partial charge in [-0.2, -0.15) is 0 Å². The van der Waals surface area contributed by atoms with Gasteiger partial charge in [-0.1, -0.05) is 6.07 Å². The number of nitrogens with one attached hydrogen (secondary N) is 1. The van der Waals surface area contributed by atoms with Crippen LogP contribution in [-0.4, -0.2) is 17.5 Å². The van der Waals surface area contributed by atoms with E-state index in [4.69, 9.17) is 14.9 Å². The molecular formula is C15H19N3O3. The minimum absolute atomic E-state index is 0.202. The van der Waals surface area contributed by atoms with Gasteiger partial charge in [-0.3, -0.25) is 4.79 Å². The molecule has 0 bridgehead atoms. The first-order chi connectivity index (χ1) is 10.0. The average molecular weight is 289 g/mol. The van der Waals surface area contributed by atoms with Crippen LogP contribution in [0.2, 0.25) is 0 Å². The van der Waals surface area contributed by atoms with Crippen LogP contribution in [0.5, 0.6) is 5.75 Å². The lowest BCUT2D eigenvalue weighted by molar-refractivity contribution is 0.0944. The summed E-state index contributed by atoms with van der Waals surface area (Å²) in [6.07, 6.45) is 0. The van der Waals surface area contributed by atoms with E-state index in [1.807, 2.05) is 20.8 Å². The smallest absolute Gasteiger partial charge is 0.257 e. The fourth-order valence-corrected chi connectivity index (χ4v) is 1.93. The summed E-state index contributed by atoms with van der Waals surface area (Å²) in [5.74, 6) is 1.36. The van der Waals surface area contributed by atoms with Crippen molar-refractivity contribution in [3.05, 3.63) is 41.1 Å². The Labute approximate surface area is 123 Å². The molecule has 0 saturated heterocycles. The Balaban J connectivity index is 2.13. The summed E-state index contributed by atoms with van der Waals surface area (Å²) in [5.41, 5.74) is 7.39. The summed E-state index contributed by atoms with van der Waals surface area (Å²) in [6.45, 7) is 6.20. The van der Waals surface area contributed by atoms with Crippen molar-refractivity contribution in [1.29, 1.82) is 0 Å². The van der Waals surface area contributed by atoms with E-state index in [-0.39, 0.29) is 12.5 Å². The molecule has 0 aliphatic rings. The van der Waals surface area contributed by atoms with Gasteiger partial charge in [-0.05, 0) is 32.9 Å². The molecule has 0 fully saturated rings. The molecule has 1 amide bonds. The standard InChI is InChI=1S/C15H19N3O3/c1-4-20-12-7-5-6-11(16)14(12)15(19)17-8-13-18-9(2)10(3)21-13/h5-7H,4,8,16H2,1-3H3,(H,17,19). The number of oxazole rings is 1. The number of nitrogens with zero attached hydrogens (tertiary/aromatic N) is 1. The van der Waals surface area contributed by atoms with E-state index in [0.29, 0.717) is 29.5 Å². The molecule has 0 aliphatic carbocycles. The lowest BCUT2D eigenvalue weighted by Gasteiger charge is -2.12. The van der Waals surface area contributed by atoms with Crippen LogP contribution in [0, 0.1) is 13.8 Å². The molecule has 2 rings (SSSR count). The van der Waals surface area contributed by atoms with Crippen molar-refractivity contribution in [1.82, 2.24) is 10.3 Å². The number of carbonyl (C=O) groups excluding carboxylic acids is 1. The summed E-state index contributed by atoms with van der Waals surface area (Å²) in [7, 11) is 0. The lowest BCUT2D eigenvalue weighted by Crippen LogP contribution is -2.24. The van der Waals surface area contributed by atoms with Gasteiger partial charge in [0.05, 0.1) is 18.8 Å². The number of ether oxygens (including phenoxy) is 1. The second-order valence-corrected chi connectivity index (χ2v) is 4.59. The fourth-order valence-electron chi connectivity index (χ4n) is 1.93. The number of nitrogens with two attached hydrogens (primary N) is 1. The number of hydrogen-bond donors (Lipinski definition) is 2. The summed E-state index contributed by atoms with van der Waals surface area (Å²) >= 11 is 0. The van der Waals surface area contributed by atoms with E-state index in [2.05, 4.69) is 10.3 Å². The van der Waals surface area contributed by atoms with Crippen LogP contribution in [0.25, 0.3) is 0 Å². The van der Waals surface area contributed by atoms with Gasteiger partial charge in [0.1, 0.15) is 17.1 Å². The Morgan fingerprint density at radius 3 is 2.81 bits per heavy atom. The highest BCUT2D eigenvalue weighted by molar-refractivity contribution is 6.01. The SMILES string of the molecule is CCOc1cccc(N)c1C(=O)NCc1nc(C)c(C)o1. The molecule has 21 heavy (non-hydrogen) atoms. The number of nitrogen functional groups attached to an aromatic ring is 1. The predicted molar refractivity (Wildman–Crippen MR) is 79.2 cm³/mol. The maximum Gasteiger partial charge on any atom is 0.257 e. The van der Waals surface area contributed by atoms with E-state index < -0.39 is 0 Å². The molecule has 112 valence electrons. The Bertz CT molecular complexity index is 630. The van der Waals surface area contributed by atoms with Gasteiger partial charge in [-0.15, -0.1) is 0 Å². The van der Waals surface area contributed by atoms with E-state index in [1.165, 1.54) is 0 Å². The van der Waals surface area contributed by atoms with Crippen molar-refractivity contribution in [3.63, 3.8) is 0 Å². The highest BCUT2D eigenvalue weighted by atomic mass is 16.5. The largest absolute Gasteiger partial charge is 0.493 e. The zero-order valence-electron chi connectivity index (χ0n) is 12.4. The number of benzene rings is 1. The van der Waals surface area contributed by atoms with Gasteiger partial charge < -0.3 is 20.2 Å². The van der Waals surface area contributed by atoms with Gasteiger partial charge in [0.25, 0.3) is 5.91 Å². The molecule has 0 spiro atoms. The van der Waals surface area contributed by atoms with Crippen molar-refractivity contribution in [2.45, 2.75) is 27.3 Å². The van der Waals surface area contributed by atoms with Gasteiger partial charge in [0.15, 0.2) is 0 Å². The molecule has 2 aromatic rings. The van der Waals surface area contributed by atoms with E-state index in [9.17, 15) is 4.79 Å². The van der Waals surface area contributed by atoms with Crippen molar-refractivity contribution in [2.75, 3.05) is 12.3 Å². The summed E-state index contributed by atoms with van der Waals surface area (Å²) in [4.78, 5) is 16.5. The number of aromatic nitrogens is 1. The van der Waals surface area contributed by atoms with Gasteiger partial charge >= 0.3 is 0 Å². The third kappa shape index (κ3) is 3.34. The van der Waals surface area contributed by atoms with Crippen LogP contribution >= 0.6 is 0 Å². The zero-order valence-corrected chi connectivity index (χ0v) is 12.4. The normalized spacial score (nSPS) is 10.4. The van der Waals surface area contributed by atoms with E-state index in [1.54, 1.807) is 18.2 Å². The number of rotatable bonds is 5. The van der Waals surface area contributed by atoms with Gasteiger partial charge in [0.2, 0.25) is 5.89 Å². The molecule has 6 heteroatoms. The lowest BCUT2D eigenvalue weighted by atomic mass is 10.1. The number of carbonyl (C=O) groups is 1. The van der Waals surface area contributed by atoms with Crippen molar-refractivity contribution in [3.8, 4) is 5.75 Å². The van der Waals surface area contributed by atoms with Crippen LogP contribution in [0.4, 0.5) is 5.69 Å². The highest BCUT2D eigenvalue weighted by Gasteiger charge is 2.16. The summed E-state index contributed by atoms with van der Waals surface area (Å²) in [5, 5.41) is 2.74. The van der Waals surface area contributed by atoms with Crippen LogP contribution in [0.1, 0.15) is 34.6 Å². The number of hydrogen-bond acceptors (Lipinski definition) is 5. The second-order valence-electron chi connectivity index (χ2n) is 4.59. The minimum Gasteiger partial charge on any atom is -0.493 e. The van der Waals surface area contributed by atoms with Crippen molar-refractivity contribution in [2.24, 2.45) is 0 Å². The Morgan fingerprint density at radius 2 is 2.19 bits per heavy atom. The predicted octanol–water partition coefficient (Wildman–Crippen LogP) is 2.20. The maximum atomic E-state index is 12.3. The monoisotopic (exact) mass is 289 g/mol. The van der Waals surface area contributed by atoms with E-state index >= 15 is 0 Å². The second kappa shape index (κ2) is 6.30. The average Bonchev–Trinajstić information content (AvgIpc) is 2.76. The molecule has 1 heterocycles. The molecule has 0 aliphatic heterocycles. The summed E-state index contributed by atoms with van der Waals surface area (Å²) in [6, 6.07) is 5.13. The first kappa shape index (κ1) is 14.9. The van der Waals surface area contributed by atoms with Crippen LogP contribution in [0.15, 0.2) is 22.6 Å². The molecule has 1 aromatic heterocycles. The molecule has 0 unspecified atom stereocenters. The zero-order chi connectivity index (χ0) is 15.4. The van der Waals surface area contributed by atoms with Crippen molar-refractivity contribution < 1.29 is 13.9 Å². The first-order valence-corrected chi connectivity index (χ1v) is 6.75. The molecular weight excluding hydrogens is 270 g/mol. The van der Waals surface area contributed by atoms with Crippen LogP contribution < -0.4 is 15.8 Å². The molecule has 1 aromatic carbocycles. The molecule has 0 saturated carbocycles. The number of aryl methyl sites for hydroxylation is 2. The van der Waals surface area contributed by atoms with Crippen LogP contribution in [-0.2, 0) is 6.54 Å². The molecule has 6 nitrogen and oxygen atoms in total. The molecule has 0 radical (unpaired) electrons. The highest BCUT2D eigenvalue weighted by Crippen LogP contribution is 2.24. The number of amides is 1. The third-order valence-electron chi connectivity index (χ3n) is 3.06. The van der Waals surface area contributed by atoms with Crippen LogP contribution in [0.3, 0.4) is 0 Å². The summed E-state index contributed by atoms with van der Waals surface area (Å²) < 4.78 is 10.9. The minimum atomic E-state index is -0.315. The first-order valence-electron chi connectivity index (χ1n) is 6.75. The Hall–Kier alpha value is -2.50.